The number of carbonyl (C=O) groups is 3. The first-order valence-electron chi connectivity index (χ1n) is 19.8. The molecule has 0 aromatic heterocycles. The van der Waals surface area contributed by atoms with Crippen LogP contribution in [0.5, 0.6) is 0 Å². The number of hydrogen-bond acceptors (Lipinski definition) is 4. The maximum absolute atomic E-state index is 14.4. The van der Waals surface area contributed by atoms with E-state index in [9.17, 15) is 23.9 Å². The van der Waals surface area contributed by atoms with Crippen LogP contribution in [0.3, 0.4) is 0 Å². The van der Waals surface area contributed by atoms with E-state index < -0.39 is 16.8 Å². The van der Waals surface area contributed by atoms with E-state index in [2.05, 4.69) is 53.4 Å². The zero-order valence-corrected chi connectivity index (χ0v) is 32.6. The summed E-state index contributed by atoms with van der Waals surface area (Å²) >= 11 is 0. The topological polar surface area (TPSA) is 92.7 Å². The van der Waals surface area contributed by atoms with Gasteiger partial charge in [-0.1, -0.05) is 72.8 Å². The van der Waals surface area contributed by atoms with Gasteiger partial charge in [-0.15, -0.1) is 0 Å². The summed E-state index contributed by atoms with van der Waals surface area (Å²) in [6.07, 6.45) is 9.98. The fraction of sp³-hybridized carbons (Fsp3) is 0.750. The van der Waals surface area contributed by atoms with Crippen molar-refractivity contribution in [2.24, 2.45) is 62.1 Å². The van der Waals surface area contributed by atoms with E-state index in [1.165, 1.54) is 17.7 Å². The van der Waals surface area contributed by atoms with Crippen LogP contribution in [0.2, 0.25) is 0 Å². The molecule has 7 heteroatoms. The Balaban J connectivity index is 1.24. The molecule has 0 saturated heterocycles. The molecule has 6 rings (SSSR count). The number of benzene rings is 1. The quantitative estimate of drug-likeness (QED) is 0.197. The standard InChI is InChI=1S/C44H64FNO5/c1-27(2)30-15-20-44(38(50)46-26-28-11-10-12-29(45)23-28)22-21-42(8)31(37(30)44)13-14-33-41(7)18-17-34(40(5,6)32(41)16-19-43(33,42)9)51-36(49)25-39(3,4)24-35(47)48/h10-12,23,30-34,37H,1,13-22,24-26H2,2-9H3,(H,46,50)(H,47,48)/t30-,31+,32-,33+,34-,37+,41-,42+,43+,44-/m0/s1. The molecule has 10 atom stereocenters. The zero-order chi connectivity index (χ0) is 37.4. The lowest BCUT2D eigenvalue weighted by atomic mass is 9.32. The monoisotopic (exact) mass is 705 g/mol. The van der Waals surface area contributed by atoms with Gasteiger partial charge in [0, 0.05) is 12.0 Å². The van der Waals surface area contributed by atoms with Crippen LogP contribution < -0.4 is 5.32 Å². The number of esters is 1. The smallest absolute Gasteiger partial charge is 0.306 e. The number of rotatable bonds is 9. The normalized spacial score (nSPS) is 39.8. The van der Waals surface area contributed by atoms with Gasteiger partial charge in [0.1, 0.15) is 11.9 Å². The Labute approximate surface area is 306 Å². The first-order chi connectivity index (χ1) is 23.7. The van der Waals surface area contributed by atoms with E-state index >= 15 is 0 Å². The molecule has 1 aromatic carbocycles. The highest BCUT2D eigenvalue weighted by atomic mass is 19.1. The molecule has 5 aliphatic carbocycles. The first-order valence-corrected chi connectivity index (χ1v) is 19.8. The minimum Gasteiger partial charge on any atom is -0.481 e. The van der Waals surface area contributed by atoms with Gasteiger partial charge in [0.15, 0.2) is 0 Å². The number of ether oxygens (including phenoxy) is 1. The lowest BCUT2D eigenvalue weighted by Gasteiger charge is -2.72. The zero-order valence-electron chi connectivity index (χ0n) is 32.6. The Bertz CT molecular complexity index is 1570. The van der Waals surface area contributed by atoms with Gasteiger partial charge in [-0.3, -0.25) is 14.4 Å². The second-order valence-electron chi connectivity index (χ2n) is 19.9. The third kappa shape index (κ3) is 6.18. The highest BCUT2D eigenvalue weighted by Crippen LogP contribution is 2.77. The van der Waals surface area contributed by atoms with Crippen LogP contribution in [-0.4, -0.2) is 29.1 Å². The van der Waals surface area contributed by atoms with Gasteiger partial charge >= 0.3 is 11.9 Å². The number of carboxylic acids is 1. The molecule has 0 heterocycles. The van der Waals surface area contributed by atoms with Crippen LogP contribution in [0, 0.1) is 67.9 Å². The summed E-state index contributed by atoms with van der Waals surface area (Å²) in [5.41, 5.74) is 1.03. The Morgan fingerprint density at radius 1 is 0.922 bits per heavy atom. The lowest BCUT2D eigenvalue weighted by Crippen LogP contribution is -2.67. The van der Waals surface area contributed by atoms with Crippen molar-refractivity contribution in [1.29, 1.82) is 0 Å². The van der Waals surface area contributed by atoms with Gasteiger partial charge in [0.2, 0.25) is 5.91 Å². The highest BCUT2D eigenvalue weighted by molar-refractivity contribution is 5.84. The molecule has 2 N–H and O–H groups in total. The summed E-state index contributed by atoms with van der Waals surface area (Å²) in [7, 11) is 0. The van der Waals surface area contributed by atoms with Gasteiger partial charge in [0.05, 0.1) is 18.3 Å². The van der Waals surface area contributed by atoms with Crippen LogP contribution in [0.25, 0.3) is 0 Å². The molecule has 0 unspecified atom stereocenters. The molecular formula is C44H64FNO5. The number of nitrogens with one attached hydrogen (secondary N) is 1. The summed E-state index contributed by atoms with van der Waals surface area (Å²) in [4.78, 5) is 39.0. The number of halogens is 1. The maximum Gasteiger partial charge on any atom is 0.306 e. The summed E-state index contributed by atoms with van der Waals surface area (Å²) in [5, 5.41) is 12.6. The molecule has 5 fully saturated rings. The van der Waals surface area contributed by atoms with Gasteiger partial charge in [-0.25, -0.2) is 4.39 Å². The molecule has 0 bridgehead atoms. The second-order valence-corrected chi connectivity index (χ2v) is 19.9. The van der Waals surface area contributed by atoms with Crippen molar-refractivity contribution in [3.63, 3.8) is 0 Å². The van der Waals surface area contributed by atoms with Crippen LogP contribution in [0.15, 0.2) is 36.4 Å². The van der Waals surface area contributed by atoms with E-state index in [1.54, 1.807) is 6.07 Å². The van der Waals surface area contributed by atoms with E-state index in [4.69, 9.17) is 4.74 Å². The Kier molecular flexibility index (Phi) is 9.70. The third-order valence-corrected chi connectivity index (χ3v) is 16.3. The van der Waals surface area contributed by atoms with Gasteiger partial charge in [-0.05, 0) is 140 Å². The van der Waals surface area contributed by atoms with Crippen LogP contribution in [0.4, 0.5) is 4.39 Å². The highest BCUT2D eigenvalue weighted by Gasteiger charge is 2.72. The van der Waals surface area contributed by atoms with Crippen molar-refractivity contribution < 1.29 is 28.6 Å². The molecule has 0 spiro atoms. The molecule has 6 nitrogen and oxygen atoms in total. The second kappa shape index (κ2) is 13.0. The number of hydrogen-bond donors (Lipinski definition) is 2. The average Bonchev–Trinajstić information content (AvgIpc) is 3.42. The minimum absolute atomic E-state index is 0.0639. The average molecular weight is 706 g/mol. The summed E-state index contributed by atoms with van der Waals surface area (Å²) in [5.74, 6) is 0.632. The number of allylic oxidation sites excluding steroid dienone is 1. The largest absolute Gasteiger partial charge is 0.481 e. The summed E-state index contributed by atoms with van der Waals surface area (Å²) in [6.45, 7) is 23.0. The molecule has 51 heavy (non-hydrogen) atoms. The lowest BCUT2D eigenvalue weighted by molar-refractivity contribution is -0.249. The van der Waals surface area contributed by atoms with E-state index in [-0.39, 0.29) is 64.2 Å². The van der Waals surface area contributed by atoms with Crippen molar-refractivity contribution in [2.75, 3.05) is 0 Å². The number of fused-ring (bicyclic) bond motifs is 7. The molecule has 282 valence electrons. The Hall–Kier alpha value is -2.70. The number of carboxylic acid groups (broad SMARTS) is 1. The van der Waals surface area contributed by atoms with E-state index in [1.807, 2.05) is 19.9 Å². The fourth-order valence-electron chi connectivity index (χ4n) is 13.8. The van der Waals surface area contributed by atoms with Gasteiger partial charge in [0.25, 0.3) is 0 Å². The van der Waals surface area contributed by atoms with Crippen molar-refractivity contribution in [3.8, 4) is 0 Å². The molecule has 1 aromatic rings. The first kappa shape index (κ1) is 38.0. The van der Waals surface area contributed by atoms with Gasteiger partial charge in [-0.2, -0.15) is 0 Å². The minimum atomic E-state index is -0.897. The fourth-order valence-corrected chi connectivity index (χ4v) is 13.8. The number of amides is 1. The third-order valence-electron chi connectivity index (χ3n) is 16.3. The number of carbonyl (C=O) groups excluding carboxylic acids is 2. The Morgan fingerprint density at radius 3 is 2.31 bits per heavy atom. The molecular weight excluding hydrogens is 641 g/mol. The number of aliphatic carboxylic acids is 1. The summed E-state index contributed by atoms with van der Waals surface area (Å²) < 4.78 is 20.2. The molecule has 5 saturated carbocycles. The van der Waals surface area contributed by atoms with Gasteiger partial charge < -0.3 is 15.2 Å². The molecule has 0 radical (unpaired) electrons. The predicted octanol–water partition coefficient (Wildman–Crippen LogP) is 9.90. The van der Waals surface area contributed by atoms with Crippen LogP contribution >= 0.6 is 0 Å². The molecule has 0 aliphatic heterocycles. The Morgan fingerprint density at radius 2 is 1.65 bits per heavy atom. The molecule has 1 amide bonds. The summed E-state index contributed by atoms with van der Waals surface area (Å²) in [6, 6.07) is 6.54. The van der Waals surface area contributed by atoms with Crippen molar-refractivity contribution in [2.45, 2.75) is 145 Å². The van der Waals surface area contributed by atoms with E-state index in [0.29, 0.717) is 30.2 Å². The molecule has 5 aliphatic rings. The van der Waals surface area contributed by atoms with Crippen molar-refractivity contribution in [1.82, 2.24) is 5.32 Å². The van der Waals surface area contributed by atoms with Crippen LogP contribution in [-0.2, 0) is 25.7 Å². The van der Waals surface area contributed by atoms with Crippen LogP contribution in [0.1, 0.15) is 138 Å². The SMILES string of the molecule is C=C(C)[C@@H]1CC[C@]2(C(=O)NCc3cccc(F)c3)CC[C@]3(C)[C@H](CC[C@@H]4[C@@]5(C)CC[C@H](OC(=O)CC(C)(C)CC(=O)O)C(C)(C)[C@@H]5CC[C@]43C)[C@@H]12. The predicted molar refractivity (Wildman–Crippen MR) is 198 cm³/mol. The maximum atomic E-state index is 14.4. The van der Waals surface area contributed by atoms with Crippen molar-refractivity contribution >= 4 is 17.8 Å². The van der Waals surface area contributed by atoms with E-state index in [0.717, 1.165) is 69.8 Å². The van der Waals surface area contributed by atoms with Crippen molar-refractivity contribution in [3.05, 3.63) is 47.8 Å².